The third-order valence-electron chi connectivity index (χ3n) is 2.43. The van der Waals surface area contributed by atoms with Gasteiger partial charge in [0.1, 0.15) is 16.5 Å². The van der Waals surface area contributed by atoms with Gasteiger partial charge < -0.3 is 0 Å². The molecule has 0 bridgehead atoms. The van der Waals surface area contributed by atoms with Crippen molar-refractivity contribution in [2.45, 2.75) is 10.7 Å². The number of benzene rings is 1. The molecule has 2 unspecified atom stereocenters. The normalized spacial score (nSPS) is 24.0. The van der Waals surface area contributed by atoms with E-state index in [1.54, 1.807) is 0 Å². The van der Waals surface area contributed by atoms with Gasteiger partial charge in [0.15, 0.2) is 0 Å². The van der Waals surface area contributed by atoms with Crippen LogP contribution in [0.1, 0.15) is 11.5 Å². The van der Waals surface area contributed by atoms with E-state index in [9.17, 15) is 18.4 Å². The lowest BCUT2D eigenvalue weighted by atomic mass is 9.97. The van der Waals surface area contributed by atoms with Gasteiger partial charge >= 0.3 is 0 Å². The second-order valence-corrected chi connectivity index (χ2v) is 5.36. The molecule has 1 aromatic rings. The molecular weight excluding hydrogens is 364 g/mol. The average Bonchev–Trinajstić information content (AvgIpc) is 2.43. The number of alkyl halides is 1. The molecule has 17 heavy (non-hydrogen) atoms. The van der Waals surface area contributed by atoms with Crippen molar-refractivity contribution < 1.29 is 18.4 Å². The van der Waals surface area contributed by atoms with Crippen molar-refractivity contribution in [1.29, 1.82) is 0 Å². The molecule has 1 heterocycles. The summed E-state index contributed by atoms with van der Waals surface area (Å²) in [6, 6.07) is 1.73. The van der Waals surface area contributed by atoms with Gasteiger partial charge in [0.25, 0.3) is 0 Å². The first-order valence-corrected chi connectivity index (χ1v) is 6.26. The molecule has 1 aromatic carbocycles. The summed E-state index contributed by atoms with van der Waals surface area (Å²) in [5.74, 6) is -3.76. The number of amides is 2. The minimum Gasteiger partial charge on any atom is -0.295 e. The average molecular weight is 369 g/mol. The highest BCUT2D eigenvalue weighted by Gasteiger charge is 2.43. The molecule has 2 atom stereocenters. The van der Waals surface area contributed by atoms with E-state index in [-0.39, 0.29) is 10.0 Å². The van der Waals surface area contributed by atoms with Gasteiger partial charge in [-0.3, -0.25) is 14.9 Å². The highest BCUT2D eigenvalue weighted by molar-refractivity contribution is 9.10. The molecule has 0 aromatic heterocycles. The summed E-state index contributed by atoms with van der Waals surface area (Å²) in [7, 11) is 0. The number of nitrogens with one attached hydrogen (secondary N) is 1. The molecular formula is C10H5Br2F2NO2. The molecule has 2 rings (SSSR count). The minimum atomic E-state index is -1.00. The van der Waals surface area contributed by atoms with Gasteiger partial charge in [-0.15, -0.1) is 0 Å². The predicted octanol–water partition coefficient (Wildman–Crippen LogP) is 2.23. The molecule has 1 N–H and O–H groups in total. The highest BCUT2D eigenvalue weighted by Crippen LogP contribution is 2.36. The van der Waals surface area contributed by atoms with E-state index in [1.165, 1.54) is 0 Å². The molecule has 2 amide bonds. The van der Waals surface area contributed by atoms with Crippen LogP contribution in [0.4, 0.5) is 8.78 Å². The third kappa shape index (κ3) is 2.13. The second-order valence-electron chi connectivity index (χ2n) is 3.52. The molecule has 0 aliphatic carbocycles. The molecule has 3 nitrogen and oxygen atoms in total. The zero-order valence-electron chi connectivity index (χ0n) is 8.14. The number of halogens is 4. The monoisotopic (exact) mass is 367 g/mol. The maximum atomic E-state index is 13.7. The molecule has 0 spiro atoms. The van der Waals surface area contributed by atoms with Gasteiger partial charge in [0.2, 0.25) is 11.8 Å². The highest BCUT2D eigenvalue weighted by atomic mass is 79.9. The van der Waals surface area contributed by atoms with Crippen LogP contribution in [-0.4, -0.2) is 16.6 Å². The quantitative estimate of drug-likeness (QED) is 0.610. The minimum absolute atomic E-state index is 0.0309. The van der Waals surface area contributed by atoms with Crippen LogP contribution >= 0.6 is 31.9 Å². The number of carbonyl (C=O) groups excluding carboxylic acids is 2. The second kappa shape index (κ2) is 4.45. The first-order chi connectivity index (χ1) is 7.91. The summed E-state index contributed by atoms with van der Waals surface area (Å²) in [6.45, 7) is 0. The van der Waals surface area contributed by atoms with Crippen LogP contribution in [0.5, 0.6) is 0 Å². The molecule has 0 radical (unpaired) electrons. The van der Waals surface area contributed by atoms with Crippen molar-refractivity contribution in [3.8, 4) is 0 Å². The van der Waals surface area contributed by atoms with Crippen LogP contribution in [-0.2, 0) is 9.59 Å². The van der Waals surface area contributed by atoms with E-state index < -0.39 is 34.2 Å². The standard InChI is InChI=1S/C10H5Br2F2NO2/c11-4-1-3(13)2-5(14)6(4)7-8(12)10(17)15-9(7)16/h1-2,7-8H,(H,15,16,17). The first-order valence-electron chi connectivity index (χ1n) is 4.55. The van der Waals surface area contributed by atoms with Crippen LogP contribution in [0.2, 0.25) is 0 Å². The number of imide groups is 1. The van der Waals surface area contributed by atoms with E-state index in [0.29, 0.717) is 6.07 Å². The van der Waals surface area contributed by atoms with E-state index in [1.807, 2.05) is 0 Å². The van der Waals surface area contributed by atoms with Crippen molar-refractivity contribution in [3.63, 3.8) is 0 Å². The fourth-order valence-corrected chi connectivity index (χ4v) is 2.95. The largest absolute Gasteiger partial charge is 0.295 e. The van der Waals surface area contributed by atoms with Crippen LogP contribution in [0.3, 0.4) is 0 Å². The Bertz CT molecular complexity index is 498. The molecule has 1 aliphatic rings. The van der Waals surface area contributed by atoms with Crippen molar-refractivity contribution >= 4 is 43.7 Å². The van der Waals surface area contributed by atoms with Crippen LogP contribution < -0.4 is 5.32 Å². The topological polar surface area (TPSA) is 46.2 Å². The Balaban J connectivity index is 2.54. The molecule has 0 saturated carbocycles. The van der Waals surface area contributed by atoms with Gasteiger partial charge in [0.05, 0.1) is 5.92 Å². The Morgan fingerprint density at radius 3 is 2.29 bits per heavy atom. The number of rotatable bonds is 1. The third-order valence-corrected chi connectivity index (χ3v) is 4.03. The van der Waals surface area contributed by atoms with Gasteiger partial charge in [-0.1, -0.05) is 31.9 Å². The molecule has 1 fully saturated rings. The summed E-state index contributed by atoms with van der Waals surface area (Å²) >= 11 is 6.01. The van der Waals surface area contributed by atoms with Crippen molar-refractivity contribution in [3.05, 3.63) is 33.8 Å². The van der Waals surface area contributed by atoms with Gasteiger partial charge in [-0.2, -0.15) is 0 Å². The van der Waals surface area contributed by atoms with E-state index >= 15 is 0 Å². The number of carbonyl (C=O) groups is 2. The number of hydrogen-bond acceptors (Lipinski definition) is 2. The summed E-state index contributed by atoms with van der Waals surface area (Å²) in [5, 5.41) is 2.08. The molecule has 1 aliphatic heterocycles. The van der Waals surface area contributed by atoms with Crippen LogP contribution in [0.15, 0.2) is 16.6 Å². The van der Waals surface area contributed by atoms with Gasteiger partial charge in [-0.05, 0) is 6.07 Å². The Hall–Kier alpha value is -0.820. The van der Waals surface area contributed by atoms with Gasteiger partial charge in [0, 0.05) is 16.1 Å². The Labute approximate surface area is 112 Å². The van der Waals surface area contributed by atoms with E-state index in [2.05, 4.69) is 37.2 Å². The molecule has 1 saturated heterocycles. The maximum absolute atomic E-state index is 13.7. The van der Waals surface area contributed by atoms with Crippen LogP contribution in [0.25, 0.3) is 0 Å². The summed E-state index contributed by atoms with van der Waals surface area (Å²) in [6.07, 6.45) is 0. The smallest absolute Gasteiger partial charge is 0.241 e. The lowest BCUT2D eigenvalue weighted by molar-refractivity contribution is -0.125. The molecule has 7 heteroatoms. The summed E-state index contributed by atoms with van der Waals surface area (Å²) < 4.78 is 26.7. The predicted molar refractivity (Wildman–Crippen MR) is 62.7 cm³/mol. The maximum Gasteiger partial charge on any atom is 0.241 e. The Morgan fingerprint density at radius 2 is 1.82 bits per heavy atom. The summed E-state index contributed by atoms with van der Waals surface area (Å²) in [4.78, 5) is 22.0. The van der Waals surface area contributed by atoms with E-state index in [4.69, 9.17) is 0 Å². The fourth-order valence-electron chi connectivity index (χ4n) is 1.68. The van der Waals surface area contributed by atoms with Crippen molar-refractivity contribution in [2.75, 3.05) is 0 Å². The summed E-state index contributed by atoms with van der Waals surface area (Å²) in [5.41, 5.74) is -0.0309. The van der Waals surface area contributed by atoms with Crippen molar-refractivity contribution in [1.82, 2.24) is 5.32 Å². The molecule has 90 valence electrons. The lowest BCUT2D eigenvalue weighted by Gasteiger charge is -2.13. The first kappa shape index (κ1) is 12.6. The van der Waals surface area contributed by atoms with E-state index in [0.717, 1.165) is 6.07 Å². The van der Waals surface area contributed by atoms with Gasteiger partial charge in [-0.25, -0.2) is 8.78 Å². The lowest BCUT2D eigenvalue weighted by Crippen LogP contribution is -2.22. The van der Waals surface area contributed by atoms with Crippen LogP contribution in [0, 0.1) is 11.6 Å². The Kier molecular flexibility index (Phi) is 3.31. The Morgan fingerprint density at radius 1 is 1.18 bits per heavy atom. The zero-order valence-corrected chi connectivity index (χ0v) is 11.3. The SMILES string of the molecule is O=C1NC(=O)C(c2c(F)cc(F)cc2Br)C1Br. The van der Waals surface area contributed by atoms with Crippen molar-refractivity contribution in [2.24, 2.45) is 0 Å². The fraction of sp³-hybridized carbons (Fsp3) is 0.200. The zero-order chi connectivity index (χ0) is 12.7. The number of hydrogen-bond donors (Lipinski definition) is 1.